The maximum absolute atomic E-state index is 12.4. The molecule has 0 rings (SSSR count). The van der Waals surface area contributed by atoms with E-state index in [1.165, 1.54) is 186 Å². The number of hydrogen-bond acceptors (Lipinski definition) is 5. The SMILES string of the molecule is CCC/C=C\C/C=C\CCCCCCCC(=O)OCCCCCCCCCCCC/C=C\CCCCCCCCCC(=O)NC(CO)C(O)CCCCCCCCCCC. The van der Waals surface area contributed by atoms with Gasteiger partial charge in [-0.1, -0.05) is 217 Å². The van der Waals surface area contributed by atoms with Crippen LogP contribution in [0.5, 0.6) is 0 Å². The average Bonchev–Trinajstić information content (AvgIpc) is 3.25. The van der Waals surface area contributed by atoms with Crippen LogP contribution in [-0.4, -0.2) is 47.4 Å². The summed E-state index contributed by atoms with van der Waals surface area (Å²) in [5.41, 5.74) is 0. The molecule has 0 saturated carbocycles. The fourth-order valence-electron chi connectivity index (χ4n) is 7.85. The van der Waals surface area contributed by atoms with Crippen LogP contribution >= 0.6 is 0 Å². The van der Waals surface area contributed by atoms with Crippen molar-refractivity contribution in [3.63, 3.8) is 0 Å². The minimum Gasteiger partial charge on any atom is -0.466 e. The Hall–Kier alpha value is -1.92. The number of aliphatic hydroxyl groups excluding tert-OH is 2. The molecule has 2 atom stereocenters. The van der Waals surface area contributed by atoms with Gasteiger partial charge >= 0.3 is 5.97 Å². The fourth-order valence-corrected chi connectivity index (χ4v) is 7.85. The van der Waals surface area contributed by atoms with Crippen LogP contribution in [0.25, 0.3) is 0 Å². The molecule has 6 nitrogen and oxygen atoms in total. The van der Waals surface area contributed by atoms with Gasteiger partial charge in [0.2, 0.25) is 5.91 Å². The minimum absolute atomic E-state index is 0.00790. The second-order valence-corrected chi connectivity index (χ2v) is 17.8. The quantitative estimate of drug-likeness (QED) is 0.0322. The fraction of sp³-hybridized carbons (Fsp3) is 0.852. The lowest BCUT2D eigenvalue weighted by Crippen LogP contribution is -2.45. The van der Waals surface area contributed by atoms with Gasteiger partial charge in [-0.3, -0.25) is 9.59 Å². The molecule has 60 heavy (non-hydrogen) atoms. The van der Waals surface area contributed by atoms with E-state index in [4.69, 9.17) is 4.74 Å². The summed E-state index contributed by atoms with van der Waals surface area (Å²) in [5, 5.41) is 23.1. The molecule has 6 heteroatoms. The van der Waals surface area contributed by atoms with Crippen molar-refractivity contribution in [3.05, 3.63) is 36.5 Å². The number of carbonyl (C=O) groups excluding carboxylic acids is 2. The van der Waals surface area contributed by atoms with Gasteiger partial charge in [0.1, 0.15) is 0 Å². The molecule has 0 aromatic rings. The Balaban J connectivity index is 3.41. The van der Waals surface area contributed by atoms with Crippen molar-refractivity contribution in [2.24, 2.45) is 0 Å². The Morgan fingerprint density at radius 3 is 1.35 bits per heavy atom. The number of hydrogen-bond donors (Lipinski definition) is 3. The van der Waals surface area contributed by atoms with E-state index in [2.05, 4.69) is 55.6 Å². The van der Waals surface area contributed by atoms with Gasteiger partial charge in [0.25, 0.3) is 0 Å². The number of carbonyl (C=O) groups is 2. The molecule has 2 unspecified atom stereocenters. The number of amides is 1. The molecule has 0 aliphatic carbocycles. The lowest BCUT2D eigenvalue weighted by atomic mass is 10.0. The molecule has 352 valence electrons. The predicted molar refractivity (Wildman–Crippen MR) is 259 cm³/mol. The number of esters is 1. The highest BCUT2D eigenvalue weighted by molar-refractivity contribution is 5.76. The summed E-state index contributed by atoms with van der Waals surface area (Å²) < 4.78 is 5.45. The molecule has 1 amide bonds. The number of unbranched alkanes of at least 4 members (excludes halogenated alkanes) is 31. The van der Waals surface area contributed by atoms with Crippen LogP contribution in [0.4, 0.5) is 0 Å². The molecule has 0 spiro atoms. The first-order chi connectivity index (χ1) is 29.5. The number of ether oxygens (including phenoxy) is 1. The van der Waals surface area contributed by atoms with Gasteiger partial charge in [-0.15, -0.1) is 0 Å². The zero-order valence-corrected chi connectivity index (χ0v) is 39.9. The molecular weight excluding hydrogens is 743 g/mol. The van der Waals surface area contributed by atoms with Crippen LogP contribution in [0, 0.1) is 0 Å². The van der Waals surface area contributed by atoms with Crippen molar-refractivity contribution in [2.45, 2.75) is 283 Å². The highest BCUT2D eigenvalue weighted by Crippen LogP contribution is 2.16. The van der Waals surface area contributed by atoms with Gasteiger partial charge in [-0.05, 0) is 77.0 Å². The summed E-state index contributed by atoms with van der Waals surface area (Å²) in [6.45, 7) is 4.85. The van der Waals surface area contributed by atoms with Gasteiger partial charge in [0.05, 0.1) is 25.4 Å². The van der Waals surface area contributed by atoms with Crippen LogP contribution < -0.4 is 5.32 Å². The Kier molecular flexibility index (Phi) is 48.1. The highest BCUT2D eigenvalue weighted by atomic mass is 16.5. The van der Waals surface area contributed by atoms with Crippen LogP contribution in [0.15, 0.2) is 36.5 Å². The summed E-state index contributed by atoms with van der Waals surface area (Å²) in [6, 6.07) is -0.545. The third-order valence-corrected chi connectivity index (χ3v) is 11.9. The largest absolute Gasteiger partial charge is 0.466 e. The van der Waals surface area contributed by atoms with Gasteiger partial charge in [-0.2, -0.15) is 0 Å². The van der Waals surface area contributed by atoms with Gasteiger partial charge in [0.15, 0.2) is 0 Å². The maximum atomic E-state index is 12.4. The van der Waals surface area contributed by atoms with E-state index in [1.54, 1.807) is 0 Å². The van der Waals surface area contributed by atoms with Crippen molar-refractivity contribution in [1.82, 2.24) is 5.32 Å². The summed E-state index contributed by atoms with van der Waals surface area (Å²) in [5.74, 6) is -0.0541. The summed E-state index contributed by atoms with van der Waals surface area (Å²) in [4.78, 5) is 24.4. The normalized spacial score (nSPS) is 12.9. The monoisotopic (exact) mass is 844 g/mol. The molecule has 0 radical (unpaired) electrons. The zero-order valence-electron chi connectivity index (χ0n) is 39.9. The molecule has 0 aromatic heterocycles. The predicted octanol–water partition coefficient (Wildman–Crippen LogP) is 15.7. The molecule has 3 N–H and O–H groups in total. The van der Waals surface area contributed by atoms with E-state index in [-0.39, 0.29) is 18.5 Å². The molecule has 0 heterocycles. The first kappa shape index (κ1) is 58.1. The minimum atomic E-state index is -0.667. The standard InChI is InChI=1S/C54H101NO5/c1-3-5-7-9-11-13-14-24-28-32-36-40-44-48-54(59)60-49-45-41-37-33-29-26-23-21-19-17-15-16-18-20-22-25-27-31-35-39-43-47-53(58)55-51(50-56)52(57)46-42-38-34-30-12-10-8-6-4-2/h7,9,13-14,16,18,51-52,56-57H,3-6,8,10-12,15,17,19-50H2,1-2H3,(H,55,58)/b9-7-,14-13-,18-16-. The molecule has 0 aliphatic heterocycles. The maximum Gasteiger partial charge on any atom is 0.305 e. The molecule has 0 saturated heterocycles. The third-order valence-electron chi connectivity index (χ3n) is 11.9. The van der Waals surface area contributed by atoms with Gasteiger partial charge < -0.3 is 20.3 Å². The zero-order chi connectivity index (χ0) is 43.7. The number of nitrogens with one attached hydrogen (secondary N) is 1. The first-order valence-corrected chi connectivity index (χ1v) is 26.2. The van der Waals surface area contributed by atoms with Crippen LogP contribution in [0.1, 0.15) is 271 Å². The van der Waals surface area contributed by atoms with Crippen molar-refractivity contribution in [3.8, 4) is 0 Å². The Morgan fingerprint density at radius 2 is 0.867 bits per heavy atom. The van der Waals surface area contributed by atoms with Crippen molar-refractivity contribution in [2.75, 3.05) is 13.2 Å². The molecule has 0 fully saturated rings. The Bertz CT molecular complexity index is 977. The molecule has 0 bridgehead atoms. The smallest absolute Gasteiger partial charge is 0.305 e. The van der Waals surface area contributed by atoms with Crippen LogP contribution in [0.3, 0.4) is 0 Å². The molecule has 0 aliphatic rings. The van der Waals surface area contributed by atoms with E-state index in [0.717, 1.165) is 51.4 Å². The van der Waals surface area contributed by atoms with E-state index in [0.29, 0.717) is 25.9 Å². The van der Waals surface area contributed by atoms with Crippen molar-refractivity contribution in [1.29, 1.82) is 0 Å². The number of allylic oxidation sites excluding steroid dienone is 6. The topological polar surface area (TPSA) is 95.9 Å². The van der Waals surface area contributed by atoms with Gasteiger partial charge in [0, 0.05) is 12.8 Å². The van der Waals surface area contributed by atoms with Crippen molar-refractivity contribution < 1.29 is 24.5 Å². The molecule has 0 aromatic carbocycles. The highest BCUT2D eigenvalue weighted by Gasteiger charge is 2.20. The van der Waals surface area contributed by atoms with E-state index in [9.17, 15) is 19.8 Å². The van der Waals surface area contributed by atoms with E-state index in [1.807, 2.05) is 0 Å². The Labute approximate surface area is 373 Å². The summed E-state index contributed by atoms with van der Waals surface area (Å²) >= 11 is 0. The molecular formula is C54H101NO5. The van der Waals surface area contributed by atoms with E-state index >= 15 is 0 Å². The van der Waals surface area contributed by atoms with Crippen molar-refractivity contribution >= 4 is 11.9 Å². The number of rotatable bonds is 48. The van der Waals surface area contributed by atoms with Crippen LogP contribution in [0.2, 0.25) is 0 Å². The third kappa shape index (κ3) is 45.6. The second-order valence-electron chi connectivity index (χ2n) is 17.8. The summed E-state index contributed by atoms with van der Waals surface area (Å²) in [7, 11) is 0. The van der Waals surface area contributed by atoms with E-state index < -0.39 is 12.1 Å². The van der Waals surface area contributed by atoms with Gasteiger partial charge in [-0.25, -0.2) is 0 Å². The van der Waals surface area contributed by atoms with Crippen LogP contribution in [-0.2, 0) is 14.3 Å². The Morgan fingerprint density at radius 1 is 0.467 bits per heavy atom. The lowest BCUT2D eigenvalue weighted by molar-refractivity contribution is -0.143. The second kappa shape index (κ2) is 49.7. The summed E-state index contributed by atoms with van der Waals surface area (Å²) in [6.07, 6.45) is 59.9. The average molecular weight is 844 g/mol. The first-order valence-electron chi connectivity index (χ1n) is 26.2. The number of aliphatic hydroxyl groups is 2. The lowest BCUT2D eigenvalue weighted by Gasteiger charge is -2.22.